The number of hydrogen-bond donors (Lipinski definition) is 7. The SMILES string of the molecule is CC[C@H](C)[C@H](NC(=O)[C@@H](N)C(C)C)C(=O)N[C@@H](CC(=O)O)C(=O)N[C@@H](C)C(=O)NCC(=O)O. The molecule has 0 unspecified atom stereocenters. The number of nitrogens with one attached hydrogen (secondary N) is 4. The van der Waals surface area contributed by atoms with E-state index in [1.165, 1.54) is 6.92 Å². The Hall–Kier alpha value is -3.22. The molecule has 0 heterocycles. The van der Waals surface area contributed by atoms with Gasteiger partial charge >= 0.3 is 11.9 Å². The first-order valence-electron chi connectivity index (χ1n) is 10.6. The van der Waals surface area contributed by atoms with Crippen LogP contribution in [0, 0.1) is 11.8 Å². The molecule has 0 aromatic heterocycles. The number of rotatable bonds is 14. The van der Waals surface area contributed by atoms with E-state index in [4.69, 9.17) is 15.9 Å². The highest BCUT2D eigenvalue weighted by Gasteiger charge is 2.33. The molecule has 0 radical (unpaired) electrons. The number of amides is 4. The van der Waals surface area contributed by atoms with Crippen LogP contribution in [0.15, 0.2) is 0 Å². The van der Waals surface area contributed by atoms with Crippen molar-refractivity contribution in [1.29, 1.82) is 0 Å². The van der Waals surface area contributed by atoms with Crippen LogP contribution in [-0.4, -0.2) is 76.5 Å². The molecule has 188 valence electrons. The Morgan fingerprint density at radius 2 is 1.36 bits per heavy atom. The van der Waals surface area contributed by atoms with Crippen molar-refractivity contribution in [2.45, 2.75) is 71.6 Å². The summed E-state index contributed by atoms with van der Waals surface area (Å²) in [6.45, 7) is 7.57. The minimum atomic E-state index is -1.55. The van der Waals surface area contributed by atoms with Crippen LogP contribution < -0.4 is 27.0 Å². The van der Waals surface area contributed by atoms with E-state index >= 15 is 0 Å². The van der Waals surface area contributed by atoms with E-state index in [9.17, 15) is 28.8 Å². The molecule has 0 spiro atoms. The number of carbonyl (C=O) groups is 6. The van der Waals surface area contributed by atoms with Crippen molar-refractivity contribution in [2.75, 3.05) is 6.54 Å². The van der Waals surface area contributed by atoms with Crippen LogP contribution >= 0.6 is 0 Å². The summed E-state index contributed by atoms with van der Waals surface area (Å²) in [5.41, 5.74) is 5.83. The molecule has 0 rings (SSSR count). The molecular weight excluding hydrogens is 438 g/mol. The van der Waals surface area contributed by atoms with Gasteiger partial charge in [-0.3, -0.25) is 28.8 Å². The maximum Gasteiger partial charge on any atom is 0.322 e. The third-order valence-electron chi connectivity index (χ3n) is 4.99. The van der Waals surface area contributed by atoms with Gasteiger partial charge in [-0.1, -0.05) is 34.1 Å². The van der Waals surface area contributed by atoms with Gasteiger partial charge in [-0.2, -0.15) is 0 Å². The second-order valence-corrected chi connectivity index (χ2v) is 8.14. The maximum atomic E-state index is 12.9. The van der Waals surface area contributed by atoms with Crippen LogP contribution in [0.4, 0.5) is 0 Å². The van der Waals surface area contributed by atoms with Crippen molar-refractivity contribution in [1.82, 2.24) is 21.3 Å². The fourth-order valence-electron chi connectivity index (χ4n) is 2.59. The van der Waals surface area contributed by atoms with Gasteiger partial charge in [0.25, 0.3) is 0 Å². The Kier molecular flexibility index (Phi) is 12.7. The van der Waals surface area contributed by atoms with Crippen molar-refractivity contribution < 1.29 is 39.0 Å². The summed E-state index contributed by atoms with van der Waals surface area (Å²) < 4.78 is 0. The van der Waals surface area contributed by atoms with E-state index < -0.39 is 72.7 Å². The molecule has 0 saturated heterocycles. The number of aliphatic carboxylic acids is 2. The molecule has 0 aromatic carbocycles. The predicted molar refractivity (Wildman–Crippen MR) is 117 cm³/mol. The van der Waals surface area contributed by atoms with Crippen molar-refractivity contribution in [2.24, 2.45) is 17.6 Å². The Labute approximate surface area is 192 Å². The zero-order valence-electron chi connectivity index (χ0n) is 19.5. The fraction of sp³-hybridized carbons (Fsp3) is 0.700. The molecule has 0 fully saturated rings. The first-order chi connectivity index (χ1) is 15.2. The average molecular weight is 474 g/mol. The van der Waals surface area contributed by atoms with E-state index in [1.807, 2.05) is 0 Å². The number of carboxylic acid groups (broad SMARTS) is 2. The highest BCUT2D eigenvalue weighted by Crippen LogP contribution is 2.10. The summed E-state index contributed by atoms with van der Waals surface area (Å²) in [4.78, 5) is 71.5. The minimum absolute atomic E-state index is 0.190. The van der Waals surface area contributed by atoms with Gasteiger partial charge in [0.15, 0.2) is 0 Å². The Morgan fingerprint density at radius 1 is 0.788 bits per heavy atom. The number of hydrogen-bond acceptors (Lipinski definition) is 7. The highest BCUT2D eigenvalue weighted by molar-refractivity contribution is 5.96. The van der Waals surface area contributed by atoms with Gasteiger partial charge < -0.3 is 37.2 Å². The maximum absolute atomic E-state index is 12.9. The zero-order chi connectivity index (χ0) is 25.9. The molecule has 0 aliphatic heterocycles. The van der Waals surface area contributed by atoms with E-state index in [0.29, 0.717) is 6.42 Å². The van der Waals surface area contributed by atoms with Crippen molar-refractivity contribution in [3.63, 3.8) is 0 Å². The molecule has 4 amide bonds. The Morgan fingerprint density at radius 3 is 1.82 bits per heavy atom. The van der Waals surface area contributed by atoms with Crippen molar-refractivity contribution in [3.8, 4) is 0 Å². The lowest BCUT2D eigenvalue weighted by Gasteiger charge is -2.28. The monoisotopic (exact) mass is 473 g/mol. The lowest BCUT2D eigenvalue weighted by Crippen LogP contribution is -2.59. The molecule has 33 heavy (non-hydrogen) atoms. The third-order valence-corrected chi connectivity index (χ3v) is 4.99. The quantitative estimate of drug-likeness (QED) is 0.151. The van der Waals surface area contributed by atoms with Gasteiger partial charge in [0.05, 0.1) is 12.5 Å². The second kappa shape index (κ2) is 14.0. The lowest BCUT2D eigenvalue weighted by atomic mass is 9.96. The van der Waals surface area contributed by atoms with Crippen LogP contribution in [0.3, 0.4) is 0 Å². The molecular formula is C20H35N5O8. The fourth-order valence-corrected chi connectivity index (χ4v) is 2.59. The molecule has 0 saturated carbocycles. The molecule has 13 nitrogen and oxygen atoms in total. The average Bonchev–Trinajstić information content (AvgIpc) is 2.72. The lowest BCUT2D eigenvalue weighted by molar-refractivity contribution is -0.142. The van der Waals surface area contributed by atoms with Gasteiger partial charge in [-0.25, -0.2) is 0 Å². The van der Waals surface area contributed by atoms with Crippen LogP contribution in [0.2, 0.25) is 0 Å². The van der Waals surface area contributed by atoms with E-state index in [1.54, 1.807) is 27.7 Å². The molecule has 0 bridgehead atoms. The minimum Gasteiger partial charge on any atom is -0.481 e. The topological polar surface area (TPSA) is 217 Å². The van der Waals surface area contributed by atoms with Gasteiger partial charge in [-0.05, 0) is 18.8 Å². The van der Waals surface area contributed by atoms with Crippen LogP contribution in [0.1, 0.15) is 47.5 Å². The summed E-state index contributed by atoms with van der Waals surface area (Å²) in [7, 11) is 0. The molecule has 0 aliphatic rings. The molecule has 0 aliphatic carbocycles. The highest BCUT2D eigenvalue weighted by atomic mass is 16.4. The van der Waals surface area contributed by atoms with Gasteiger partial charge in [-0.15, -0.1) is 0 Å². The Balaban J connectivity index is 5.44. The van der Waals surface area contributed by atoms with Gasteiger partial charge in [0.1, 0.15) is 24.7 Å². The summed E-state index contributed by atoms with van der Waals surface area (Å²) in [5.74, 6) is -6.33. The van der Waals surface area contributed by atoms with Gasteiger partial charge in [0, 0.05) is 0 Å². The summed E-state index contributed by atoms with van der Waals surface area (Å²) in [5, 5.41) is 26.9. The standard InChI is InChI=1S/C20H35N5O8/c1-6-10(4)16(25-19(32)15(21)9(2)3)20(33)24-12(7-13(26)27)18(31)23-11(5)17(30)22-8-14(28)29/h9-12,15-16H,6-8,21H2,1-5H3,(H,22,30)(H,23,31)(H,24,33)(H,25,32)(H,26,27)(H,28,29)/t10-,11-,12-,15-,16-/m0/s1. The smallest absolute Gasteiger partial charge is 0.322 e. The Bertz CT molecular complexity index is 742. The molecule has 5 atom stereocenters. The van der Waals surface area contributed by atoms with Crippen LogP contribution in [-0.2, 0) is 28.8 Å². The number of carbonyl (C=O) groups excluding carboxylic acids is 4. The zero-order valence-corrected chi connectivity index (χ0v) is 19.5. The van der Waals surface area contributed by atoms with Crippen LogP contribution in [0.5, 0.6) is 0 Å². The van der Waals surface area contributed by atoms with E-state index in [0.717, 1.165) is 0 Å². The number of nitrogens with two attached hydrogens (primary N) is 1. The van der Waals surface area contributed by atoms with E-state index in [2.05, 4.69) is 21.3 Å². The van der Waals surface area contributed by atoms with Gasteiger partial charge in [0.2, 0.25) is 23.6 Å². The second-order valence-electron chi connectivity index (χ2n) is 8.14. The molecule has 0 aromatic rings. The largest absolute Gasteiger partial charge is 0.481 e. The summed E-state index contributed by atoms with van der Waals surface area (Å²) in [6, 6.07) is -4.69. The predicted octanol–water partition coefficient (Wildman–Crippen LogP) is -1.83. The van der Waals surface area contributed by atoms with E-state index in [-0.39, 0.29) is 11.8 Å². The molecule has 13 heteroatoms. The summed E-state index contributed by atoms with van der Waals surface area (Å²) >= 11 is 0. The third kappa shape index (κ3) is 10.8. The van der Waals surface area contributed by atoms with Crippen molar-refractivity contribution in [3.05, 3.63) is 0 Å². The first-order valence-corrected chi connectivity index (χ1v) is 10.6. The number of carboxylic acids is 2. The normalized spacial score (nSPS) is 15.4. The molecule has 8 N–H and O–H groups in total. The van der Waals surface area contributed by atoms with Crippen LogP contribution in [0.25, 0.3) is 0 Å². The van der Waals surface area contributed by atoms with Crippen molar-refractivity contribution >= 4 is 35.6 Å². The first kappa shape index (κ1) is 29.8. The summed E-state index contributed by atoms with van der Waals surface area (Å²) in [6.07, 6.45) is -0.292.